The summed E-state index contributed by atoms with van der Waals surface area (Å²) in [5.41, 5.74) is 4.93. The summed E-state index contributed by atoms with van der Waals surface area (Å²) in [5.74, 6) is -0.776. The van der Waals surface area contributed by atoms with Crippen molar-refractivity contribution >= 4 is 33.4 Å². The van der Waals surface area contributed by atoms with Crippen LogP contribution in [0.25, 0.3) is 0 Å². The Hall–Kier alpha value is -3.14. The Bertz CT molecular complexity index is 887. The highest BCUT2D eigenvalue weighted by molar-refractivity contribution is 9.10. The highest BCUT2D eigenvalue weighted by atomic mass is 79.9. The topological polar surface area (TPSA) is 120 Å². The highest BCUT2D eigenvalue weighted by Crippen LogP contribution is 2.27. The molecule has 0 aliphatic carbocycles. The Morgan fingerprint density at radius 2 is 1.93 bits per heavy atom. The number of hydrogen-bond donors (Lipinski definition) is 2. The van der Waals surface area contributed by atoms with Crippen LogP contribution in [0.2, 0.25) is 0 Å². The first-order chi connectivity index (χ1) is 12.8. The molecule has 10 heteroatoms. The van der Waals surface area contributed by atoms with Crippen LogP contribution in [0.4, 0.5) is 5.69 Å². The summed E-state index contributed by atoms with van der Waals surface area (Å²) in [4.78, 5) is 34.2. The van der Waals surface area contributed by atoms with Crippen LogP contribution in [0.1, 0.15) is 15.9 Å². The van der Waals surface area contributed by atoms with Gasteiger partial charge in [-0.2, -0.15) is 0 Å². The van der Waals surface area contributed by atoms with Gasteiger partial charge in [0.25, 0.3) is 11.8 Å². The van der Waals surface area contributed by atoms with Gasteiger partial charge in [-0.1, -0.05) is 15.9 Å². The standard InChI is InChI=1S/C17H16BrN3O6/c1-10-7-12(4-5-13(10)18)27-9-16(22)19-20-17(23)11-3-6-15(26-2)14(8-11)21(24)25/h3-8H,9H2,1-2H3,(H,19,22)(H,20,23). The van der Waals surface area contributed by atoms with Gasteiger partial charge in [0.2, 0.25) is 0 Å². The molecule has 9 nitrogen and oxygen atoms in total. The minimum Gasteiger partial charge on any atom is -0.490 e. The number of rotatable bonds is 6. The van der Waals surface area contributed by atoms with Gasteiger partial charge < -0.3 is 9.47 Å². The van der Waals surface area contributed by atoms with Crippen LogP contribution in [0.5, 0.6) is 11.5 Å². The molecule has 0 atom stereocenters. The average Bonchev–Trinajstić information content (AvgIpc) is 2.66. The van der Waals surface area contributed by atoms with E-state index in [9.17, 15) is 19.7 Å². The minimum atomic E-state index is -0.714. The fourth-order valence-corrected chi connectivity index (χ4v) is 2.31. The van der Waals surface area contributed by atoms with Crippen molar-refractivity contribution < 1.29 is 24.0 Å². The number of methoxy groups -OCH3 is 1. The van der Waals surface area contributed by atoms with Crippen LogP contribution >= 0.6 is 15.9 Å². The zero-order chi connectivity index (χ0) is 20.0. The number of nitro benzene ring substituents is 1. The second-order valence-electron chi connectivity index (χ2n) is 5.35. The molecule has 0 bridgehead atoms. The van der Waals surface area contributed by atoms with E-state index in [1.165, 1.54) is 19.2 Å². The Labute approximate surface area is 162 Å². The second-order valence-corrected chi connectivity index (χ2v) is 6.20. The molecule has 0 unspecified atom stereocenters. The molecular formula is C17H16BrN3O6. The lowest BCUT2D eigenvalue weighted by molar-refractivity contribution is -0.385. The van der Waals surface area contributed by atoms with E-state index >= 15 is 0 Å². The van der Waals surface area contributed by atoms with E-state index in [0.717, 1.165) is 16.1 Å². The molecule has 0 spiro atoms. The van der Waals surface area contributed by atoms with Gasteiger partial charge in [0, 0.05) is 16.1 Å². The third-order valence-electron chi connectivity index (χ3n) is 3.45. The number of amides is 2. The second kappa shape index (κ2) is 8.99. The third kappa shape index (κ3) is 5.42. The van der Waals surface area contributed by atoms with E-state index in [0.29, 0.717) is 5.75 Å². The quantitative estimate of drug-likeness (QED) is 0.529. The van der Waals surface area contributed by atoms with Crippen molar-refractivity contribution in [2.45, 2.75) is 6.92 Å². The molecule has 0 aliphatic heterocycles. The maximum Gasteiger partial charge on any atom is 0.311 e. The summed E-state index contributed by atoms with van der Waals surface area (Å²) < 4.78 is 11.1. The predicted molar refractivity (Wildman–Crippen MR) is 99.6 cm³/mol. The molecule has 0 heterocycles. The molecule has 2 aromatic carbocycles. The molecule has 142 valence electrons. The van der Waals surface area contributed by atoms with Crippen molar-refractivity contribution in [2.75, 3.05) is 13.7 Å². The van der Waals surface area contributed by atoms with E-state index in [1.807, 2.05) is 6.92 Å². The molecule has 2 aromatic rings. The summed E-state index contributed by atoms with van der Waals surface area (Å²) in [7, 11) is 1.29. The van der Waals surface area contributed by atoms with Gasteiger partial charge in [-0.05, 0) is 42.8 Å². The SMILES string of the molecule is COc1ccc(C(=O)NNC(=O)COc2ccc(Br)c(C)c2)cc1[N+](=O)[O-]. The number of benzene rings is 2. The molecule has 0 saturated heterocycles. The van der Waals surface area contributed by atoms with Gasteiger partial charge in [-0.25, -0.2) is 0 Å². The van der Waals surface area contributed by atoms with Crippen LogP contribution in [-0.2, 0) is 4.79 Å². The van der Waals surface area contributed by atoms with Crippen LogP contribution < -0.4 is 20.3 Å². The zero-order valence-corrected chi connectivity index (χ0v) is 16.0. The smallest absolute Gasteiger partial charge is 0.311 e. The van der Waals surface area contributed by atoms with E-state index in [1.54, 1.807) is 18.2 Å². The molecule has 2 amide bonds. The summed E-state index contributed by atoms with van der Waals surface area (Å²) in [6.45, 7) is 1.56. The average molecular weight is 438 g/mol. The van der Waals surface area contributed by atoms with Gasteiger partial charge in [0.05, 0.1) is 12.0 Å². The van der Waals surface area contributed by atoms with Gasteiger partial charge in [0.15, 0.2) is 12.4 Å². The maximum atomic E-state index is 12.0. The van der Waals surface area contributed by atoms with Crippen molar-refractivity contribution in [1.29, 1.82) is 0 Å². The first-order valence-electron chi connectivity index (χ1n) is 7.62. The number of nitrogens with one attached hydrogen (secondary N) is 2. The Morgan fingerprint density at radius 3 is 2.56 bits per heavy atom. The number of aryl methyl sites for hydroxylation is 1. The Balaban J connectivity index is 1.91. The van der Waals surface area contributed by atoms with Crippen LogP contribution in [0.3, 0.4) is 0 Å². The summed E-state index contributed by atoms with van der Waals surface area (Å²) >= 11 is 3.36. The summed E-state index contributed by atoms with van der Waals surface area (Å²) in [5, 5.41) is 11.0. The molecule has 0 fully saturated rings. The number of halogens is 1. The van der Waals surface area contributed by atoms with E-state index in [4.69, 9.17) is 9.47 Å². The number of carbonyl (C=O) groups is 2. The molecule has 2 rings (SSSR count). The lowest BCUT2D eigenvalue weighted by Gasteiger charge is -2.10. The summed E-state index contributed by atoms with van der Waals surface area (Å²) in [6.07, 6.45) is 0. The zero-order valence-electron chi connectivity index (χ0n) is 14.4. The van der Waals surface area contributed by atoms with Gasteiger partial charge >= 0.3 is 5.69 Å². The largest absolute Gasteiger partial charge is 0.490 e. The Morgan fingerprint density at radius 1 is 1.19 bits per heavy atom. The number of nitrogens with zero attached hydrogens (tertiary/aromatic N) is 1. The van der Waals surface area contributed by atoms with Crippen molar-refractivity contribution in [3.8, 4) is 11.5 Å². The van der Waals surface area contributed by atoms with Crippen molar-refractivity contribution in [3.63, 3.8) is 0 Å². The number of ether oxygens (including phenoxy) is 2. The summed E-state index contributed by atoms with van der Waals surface area (Å²) in [6, 6.07) is 8.94. The number of carbonyl (C=O) groups excluding carboxylic acids is 2. The Kier molecular flexibility index (Phi) is 6.72. The first-order valence-corrected chi connectivity index (χ1v) is 8.41. The van der Waals surface area contributed by atoms with E-state index < -0.39 is 16.7 Å². The lowest BCUT2D eigenvalue weighted by Crippen LogP contribution is -2.43. The molecule has 0 aromatic heterocycles. The fourth-order valence-electron chi connectivity index (χ4n) is 2.06. The number of hydrogen-bond acceptors (Lipinski definition) is 6. The molecule has 27 heavy (non-hydrogen) atoms. The van der Waals surface area contributed by atoms with Crippen LogP contribution in [0.15, 0.2) is 40.9 Å². The number of hydrazine groups is 1. The van der Waals surface area contributed by atoms with Gasteiger partial charge in [-0.15, -0.1) is 0 Å². The van der Waals surface area contributed by atoms with Crippen molar-refractivity contribution in [2.24, 2.45) is 0 Å². The van der Waals surface area contributed by atoms with Gasteiger partial charge in [-0.3, -0.25) is 30.6 Å². The molecular weight excluding hydrogens is 422 g/mol. The lowest BCUT2D eigenvalue weighted by atomic mass is 10.2. The third-order valence-corrected chi connectivity index (χ3v) is 4.34. The predicted octanol–water partition coefficient (Wildman–Crippen LogP) is 2.51. The van der Waals surface area contributed by atoms with Gasteiger partial charge in [0.1, 0.15) is 5.75 Å². The van der Waals surface area contributed by atoms with Crippen LogP contribution in [-0.4, -0.2) is 30.5 Å². The van der Waals surface area contributed by atoms with Crippen LogP contribution in [0, 0.1) is 17.0 Å². The normalized spacial score (nSPS) is 10.0. The molecule has 0 saturated carbocycles. The molecule has 2 N–H and O–H groups in total. The van der Waals surface area contributed by atoms with Crippen molar-refractivity contribution in [3.05, 3.63) is 62.1 Å². The minimum absolute atomic E-state index is 0.00717. The number of nitro groups is 1. The monoisotopic (exact) mass is 437 g/mol. The maximum absolute atomic E-state index is 12.0. The fraction of sp³-hybridized carbons (Fsp3) is 0.176. The molecule has 0 radical (unpaired) electrons. The highest BCUT2D eigenvalue weighted by Gasteiger charge is 2.18. The van der Waals surface area contributed by atoms with E-state index in [-0.39, 0.29) is 23.6 Å². The first kappa shape index (κ1) is 20.2. The van der Waals surface area contributed by atoms with E-state index in [2.05, 4.69) is 26.8 Å². The van der Waals surface area contributed by atoms with Crippen molar-refractivity contribution in [1.82, 2.24) is 10.9 Å². The molecule has 0 aliphatic rings.